The number of nitrogens with zero attached hydrogens (tertiary/aromatic N) is 2. The summed E-state index contributed by atoms with van der Waals surface area (Å²) in [5.74, 6) is 0.636. The Morgan fingerprint density at radius 3 is 2.73 bits per heavy atom. The van der Waals surface area contributed by atoms with Crippen LogP contribution in [-0.4, -0.2) is 42.4 Å². The van der Waals surface area contributed by atoms with Gasteiger partial charge < -0.3 is 19.5 Å². The number of morpholine rings is 1. The van der Waals surface area contributed by atoms with Gasteiger partial charge in [0.1, 0.15) is 5.69 Å². The van der Waals surface area contributed by atoms with Gasteiger partial charge in [0, 0.05) is 24.7 Å². The van der Waals surface area contributed by atoms with E-state index in [0.717, 1.165) is 11.3 Å². The van der Waals surface area contributed by atoms with Crippen LogP contribution in [0.1, 0.15) is 11.3 Å². The molecule has 1 aromatic carbocycles. The number of ether oxygens (including phenoxy) is 1. The lowest BCUT2D eigenvalue weighted by molar-refractivity contribution is 0.0530. The van der Waals surface area contributed by atoms with Crippen molar-refractivity contribution in [3.63, 3.8) is 0 Å². The maximum Gasteiger partial charge on any atom is 0.317 e. The first-order chi connectivity index (χ1) is 10.7. The second-order valence-corrected chi connectivity index (χ2v) is 5.30. The van der Waals surface area contributed by atoms with Gasteiger partial charge >= 0.3 is 6.03 Å². The summed E-state index contributed by atoms with van der Waals surface area (Å²) in [6, 6.07) is 9.82. The zero-order valence-electron chi connectivity index (χ0n) is 12.5. The van der Waals surface area contributed by atoms with Gasteiger partial charge in [0.2, 0.25) is 0 Å². The van der Waals surface area contributed by atoms with Crippen LogP contribution < -0.4 is 5.32 Å². The van der Waals surface area contributed by atoms with E-state index in [1.54, 1.807) is 4.90 Å². The number of carbonyl (C=O) groups is 1. The molecule has 0 radical (unpaired) electrons. The highest BCUT2D eigenvalue weighted by Gasteiger charge is 2.17. The normalized spacial score (nSPS) is 14.9. The van der Waals surface area contributed by atoms with Crippen molar-refractivity contribution in [2.45, 2.75) is 13.5 Å². The molecule has 0 bridgehead atoms. The summed E-state index contributed by atoms with van der Waals surface area (Å²) < 4.78 is 10.5. The smallest absolute Gasteiger partial charge is 0.317 e. The number of aromatic nitrogens is 1. The van der Waals surface area contributed by atoms with E-state index in [-0.39, 0.29) is 6.03 Å². The largest absolute Gasteiger partial charge is 0.378 e. The molecule has 0 spiro atoms. The van der Waals surface area contributed by atoms with Crippen molar-refractivity contribution in [3.8, 4) is 11.3 Å². The molecule has 2 heterocycles. The Hall–Kier alpha value is -2.34. The van der Waals surface area contributed by atoms with Crippen molar-refractivity contribution in [1.82, 2.24) is 15.4 Å². The Labute approximate surface area is 129 Å². The third-order valence-electron chi connectivity index (χ3n) is 3.62. The summed E-state index contributed by atoms with van der Waals surface area (Å²) in [6.45, 7) is 4.79. The van der Waals surface area contributed by atoms with Gasteiger partial charge in [0.15, 0.2) is 5.76 Å². The topological polar surface area (TPSA) is 67.6 Å². The third kappa shape index (κ3) is 3.46. The standard InChI is InChI=1S/C16H19N3O3/c1-12-2-4-13(5-3-12)15-10-14(22-18-15)11-17-16(20)19-6-8-21-9-7-19/h2-5,10H,6-9,11H2,1H3,(H,17,20). The van der Waals surface area contributed by atoms with Gasteiger partial charge in [-0.25, -0.2) is 4.79 Å². The van der Waals surface area contributed by atoms with Gasteiger partial charge in [-0.15, -0.1) is 0 Å². The zero-order valence-corrected chi connectivity index (χ0v) is 12.5. The molecular weight excluding hydrogens is 282 g/mol. The Balaban J connectivity index is 1.57. The second kappa shape index (κ2) is 6.62. The number of hydrogen-bond donors (Lipinski definition) is 1. The molecule has 22 heavy (non-hydrogen) atoms. The minimum absolute atomic E-state index is 0.100. The highest BCUT2D eigenvalue weighted by atomic mass is 16.5. The van der Waals surface area contributed by atoms with Crippen LogP contribution in [0, 0.1) is 6.92 Å². The van der Waals surface area contributed by atoms with E-state index in [1.807, 2.05) is 37.3 Å². The van der Waals surface area contributed by atoms with Crippen molar-refractivity contribution in [2.24, 2.45) is 0 Å². The average Bonchev–Trinajstić information content (AvgIpc) is 3.03. The number of amides is 2. The van der Waals surface area contributed by atoms with Crippen molar-refractivity contribution in [3.05, 3.63) is 41.7 Å². The minimum atomic E-state index is -0.100. The van der Waals surface area contributed by atoms with E-state index in [9.17, 15) is 4.79 Å². The SMILES string of the molecule is Cc1ccc(-c2cc(CNC(=O)N3CCOCC3)on2)cc1. The van der Waals surface area contributed by atoms with E-state index in [1.165, 1.54) is 5.56 Å². The monoisotopic (exact) mass is 301 g/mol. The number of rotatable bonds is 3. The molecule has 1 aliphatic rings. The fraction of sp³-hybridized carbons (Fsp3) is 0.375. The van der Waals surface area contributed by atoms with Crippen LogP contribution in [0.5, 0.6) is 0 Å². The van der Waals surface area contributed by atoms with Crippen molar-refractivity contribution in [1.29, 1.82) is 0 Å². The first kappa shape index (κ1) is 14.6. The minimum Gasteiger partial charge on any atom is -0.378 e. The molecule has 116 valence electrons. The summed E-state index contributed by atoms with van der Waals surface area (Å²) in [4.78, 5) is 13.7. The molecule has 2 amide bonds. The summed E-state index contributed by atoms with van der Waals surface area (Å²) in [5, 5.41) is 6.89. The molecule has 6 heteroatoms. The molecule has 1 fully saturated rings. The Bertz CT molecular complexity index is 630. The van der Waals surface area contributed by atoms with Crippen molar-refractivity contribution >= 4 is 6.03 Å². The molecule has 0 atom stereocenters. The number of hydrogen-bond acceptors (Lipinski definition) is 4. The predicted octanol–water partition coefficient (Wildman–Crippen LogP) is 2.19. The fourth-order valence-electron chi connectivity index (χ4n) is 2.30. The summed E-state index contributed by atoms with van der Waals surface area (Å²) >= 11 is 0. The van der Waals surface area contributed by atoms with Gasteiger partial charge in [0.25, 0.3) is 0 Å². The second-order valence-electron chi connectivity index (χ2n) is 5.30. The molecule has 3 rings (SSSR count). The van der Waals surface area contributed by atoms with Gasteiger partial charge in [0.05, 0.1) is 19.8 Å². The van der Waals surface area contributed by atoms with Gasteiger partial charge in [-0.3, -0.25) is 0 Å². The summed E-state index contributed by atoms with van der Waals surface area (Å²) in [6.07, 6.45) is 0. The van der Waals surface area contributed by atoms with Gasteiger partial charge in [-0.2, -0.15) is 0 Å². The molecule has 1 N–H and O–H groups in total. The first-order valence-electron chi connectivity index (χ1n) is 7.35. The lowest BCUT2D eigenvalue weighted by Gasteiger charge is -2.26. The molecule has 0 aliphatic carbocycles. The van der Waals surface area contributed by atoms with E-state index in [2.05, 4.69) is 10.5 Å². The van der Waals surface area contributed by atoms with Crippen LogP contribution in [0.4, 0.5) is 4.79 Å². The Morgan fingerprint density at radius 1 is 1.27 bits per heavy atom. The number of benzene rings is 1. The molecule has 6 nitrogen and oxygen atoms in total. The van der Waals surface area contributed by atoms with Crippen LogP contribution in [0.15, 0.2) is 34.9 Å². The molecule has 2 aromatic rings. The molecule has 1 aromatic heterocycles. The van der Waals surface area contributed by atoms with E-state index in [4.69, 9.17) is 9.26 Å². The quantitative estimate of drug-likeness (QED) is 0.943. The molecular formula is C16H19N3O3. The lowest BCUT2D eigenvalue weighted by Crippen LogP contribution is -2.45. The van der Waals surface area contributed by atoms with E-state index < -0.39 is 0 Å². The molecule has 0 saturated carbocycles. The number of aryl methyl sites for hydroxylation is 1. The lowest BCUT2D eigenvalue weighted by atomic mass is 10.1. The molecule has 1 aliphatic heterocycles. The van der Waals surface area contributed by atoms with Crippen LogP contribution in [0.2, 0.25) is 0 Å². The Morgan fingerprint density at radius 2 is 2.00 bits per heavy atom. The van der Waals surface area contributed by atoms with Gasteiger partial charge in [-0.1, -0.05) is 35.0 Å². The van der Waals surface area contributed by atoms with Crippen LogP contribution in [0.25, 0.3) is 11.3 Å². The maximum absolute atomic E-state index is 12.0. The molecule has 0 unspecified atom stereocenters. The van der Waals surface area contributed by atoms with Crippen molar-refractivity contribution in [2.75, 3.05) is 26.3 Å². The van der Waals surface area contributed by atoms with Crippen LogP contribution in [-0.2, 0) is 11.3 Å². The fourth-order valence-corrected chi connectivity index (χ4v) is 2.30. The Kier molecular flexibility index (Phi) is 4.39. The van der Waals surface area contributed by atoms with Crippen molar-refractivity contribution < 1.29 is 14.1 Å². The van der Waals surface area contributed by atoms with E-state index in [0.29, 0.717) is 38.6 Å². The number of urea groups is 1. The molecule has 1 saturated heterocycles. The number of carbonyl (C=O) groups excluding carboxylic acids is 1. The highest BCUT2D eigenvalue weighted by molar-refractivity contribution is 5.74. The maximum atomic E-state index is 12.0. The van der Waals surface area contributed by atoms with Gasteiger partial charge in [-0.05, 0) is 6.92 Å². The summed E-state index contributed by atoms with van der Waals surface area (Å²) in [5.41, 5.74) is 2.97. The zero-order chi connectivity index (χ0) is 15.4. The highest BCUT2D eigenvalue weighted by Crippen LogP contribution is 2.19. The van der Waals surface area contributed by atoms with E-state index >= 15 is 0 Å². The van der Waals surface area contributed by atoms with Crippen LogP contribution >= 0.6 is 0 Å². The van der Waals surface area contributed by atoms with Crippen LogP contribution in [0.3, 0.4) is 0 Å². The third-order valence-corrected chi connectivity index (χ3v) is 3.62. The predicted molar refractivity (Wildman–Crippen MR) is 81.3 cm³/mol. The number of nitrogens with one attached hydrogen (secondary N) is 1. The average molecular weight is 301 g/mol. The first-order valence-corrected chi connectivity index (χ1v) is 7.35. The summed E-state index contributed by atoms with van der Waals surface area (Å²) in [7, 11) is 0.